The number of benzene rings is 2. The van der Waals surface area contributed by atoms with E-state index < -0.39 is 0 Å². The fraction of sp³-hybridized carbons (Fsp3) is 0.0714. The predicted octanol–water partition coefficient (Wildman–Crippen LogP) is 4.40. The maximum Gasteiger partial charge on any atom is 0.243 e. The van der Waals surface area contributed by atoms with E-state index in [4.69, 9.17) is 0 Å². The molecule has 0 aliphatic carbocycles. The SMILES string of the molecule is O=C(CNc1ccc(F)c(Br)c1)Nc1cccc(Br)c1. The van der Waals surface area contributed by atoms with Gasteiger partial charge in [0.1, 0.15) is 5.82 Å². The second-order valence-corrected chi connectivity index (χ2v) is 5.81. The van der Waals surface area contributed by atoms with Crippen molar-refractivity contribution in [2.75, 3.05) is 17.2 Å². The first-order valence-corrected chi connectivity index (χ1v) is 7.37. The molecule has 2 N–H and O–H groups in total. The van der Waals surface area contributed by atoms with Crippen LogP contribution in [0, 0.1) is 5.82 Å². The molecule has 6 heteroatoms. The van der Waals surface area contributed by atoms with Gasteiger partial charge in [0.05, 0.1) is 11.0 Å². The topological polar surface area (TPSA) is 41.1 Å². The number of anilines is 2. The van der Waals surface area contributed by atoms with Gasteiger partial charge in [0, 0.05) is 15.8 Å². The highest BCUT2D eigenvalue weighted by atomic mass is 79.9. The van der Waals surface area contributed by atoms with E-state index in [1.807, 2.05) is 18.2 Å². The van der Waals surface area contributed by atoms with E-state index in [9.17, 15) is 9.18 Å². The van der Waals surface area contributed by atoms with E-state index in [2.05, 4.69) is 42.5 Å². The van der Waals surface area contributed by atoms with Gasteiger partial charge in [-0.25, -0.2) is 4.39 Å². The van der Waals surface area contributed by atoms with Crippen molar-refractivity contribution in [3.63, 3.8) is 0 Å². The Morgan fingerprint density at radius 2 is 1.90 bits per heavy atom. The van der Waals surface area contributed by atoms with Crippen molar-refractivity contribution in [3.8, 4) is 0 Å². The van der Waals surface area contributed by atoms with E-state index >= 15 is 0 Å². The Bertz CT molecular complexity index is 634. The summed E-state index contributed by atoms with van der Waals surface area (Å²) in [7, 11) is 0. The molecule has 0 saturated heterocycles. The number of halogens is 3. The normalized spacial score (nSPS) is 10.2. The summed E-state index contributed by atoms with van der Waals surface area (Å²) >= 11 is 6.43. The monoisotopic (exact) mass is 400 g/mol. The molecule has 0 atom stereocenters. The number of amides is 1. The molecule has 2 aromatic carbocycles. The lowest BCUT2D eigenvalue weighted by Gasteiger charge is -2.08. The quantitative estimate of drug-likeness (QED) is 0.797. The van der Waals surface area contributed by atoms with Crippen LogP contribution in [0.3, 0.4) is 0 Å². The van der Waals surface area contributed by atoms with Gasteiger partial charge in [-0.1, -0.05) is 22.0 Å². The van der Waals surface area contributed by atoms with E-state index in [0.717, 1.165) is 4.47 Å². The van der Waals surface area contributed by atoms with Crippen molar-refractivity contribution >= 4 is 49.1 Å². The van der Waals surface area contributed by atoms with Crippen LogP contribution in [0.4, 0.5) is 15.8 Å². The molecular weight excluding hydrogens is 391 g/mol. The van der Waals surface area contributed by atoms with Gasteiger partial charge in [-0.2, -0.15) is 0 Å². The molecule has 0 bridgehead atoms. The van der Waals surface area contributed by atoms with Crippen LogP contribution in [0.15, 0.2) is 51.4 Å². The second kappa shape index (κ2) is 6.85. The summed E-state index contributed by atoms with van der Waals surface area (Å²) in [5.41, 5.74) is 1.38. The molecular formula is C14H11Br2FN2O. The summed E-state index contributed by atoms with van der Waals surface area (Å²) in [6.45, 7) is 0.102. The van der Waals surface area contributed by atoms with Crippen molar-refractivity contribution in [3.05, 3.63) is 57.2 Å². The van der Waals surface area contributed by atoms with Crippen LogP contribution in [0.25, 0.3) is 0 Å². The van der Waals surface area contributed by atoms with Crippen molar-refractivity contribution in [1.82, 2.24) is 0 Å². The van der Waals surface area contributed by atoms with E-state index in [1.165, 1.54) is 6.07 Å². The molecule has 0 unspecified atom stereocenters. The number of rotatable bonds is 4. The molecule has 20 heavy (non-hydrogen) atoms. The molecule has 0 aliphatic heterocycles. The molecule has 0 spiro atoms. The van der Waals surface area contributed by atoms with Gasteiger partial charge in [-0.05, 0) is 52.3 Å². The lowest BCUT2D eigenvalue weighted by molar-refractivity contribution is -0.114. The van der Waals surface area contributed by atoms with Crippen LogP contribution >= 0.6 is 31.9 Å². The summed E-state index contributed by atoms with van der Waals surface area (Å²) in [4.78, 5) is 11.8. The maximum atomic E-state index is 13.1. The number of nitrogens with one attached hydrogen (secondary N) is 2. The standard InChI is InChI=1S/C14H11Br2FN2O/c15-9-2-1-3-11(6-9)19-14(20)8-18-10-4-5-13(17)12(16)7-10/h1-7,18H,8H2,(H,19,20). The van der Waals surface area contributed by atoms with Crippen molar-refractivity contribution < 1.29 is 9.18 Å². The highest BCUT2D eigenvalue weighted by molar-refractivity contribution is 9.10. The van der Waals surface area contributed by atoms with E-state index in [1.54, 1.807) is 18.2 Å². The third-order valence-corrected chi connectivity index (χ3v) is 3.58. The van der Waals surface area contributed by atoms with E-state index in [-0.39, 0.29) is 18.3 Å². The predicted molar refractivity (Wildman–Crippen MR) is 85.4 cm³/mol. The minimum absolute atomic E-state index is 0.102. The molecule has 1 amide bonds. The molecule has 0 fully saturated rings. The Morgan fingerprint density at radius 3 is 2.60 bits per heavy atom. The Morgan fingerprint density at radius 1 is 1.10 bits per heavy atom. The zero-order chi connectivity index (χ0) is 14.5. The Labute approximate surface area is 132 Å². The highest BCUT2D eigenvalue weighted by Gasteiger charge is 2.04. The molecule has 0 aliphatic rings. The Kier molecular flexibility index (Phi) is 5.14. The maximum absolute atomic E-state index is 13.1. The van der Waals surface area contributed by atoms with Crippen LogP contribution < -0.4 is 10.6 Å². The van der Waals surface area contributed by atoms with Gasteiger partial charge in [-0.15, -0.1) is 0 Å². The van der Waals surface area contributed by atoms with Gasteiger partial charge in [-0.3, -0.25) is 4.79 Å². The summed E-state index contributed by atoms with van der Waals surface area (Å²) in [5.74, 6) is -0.516. The molecule has 0 radical (unpaired) electrons. The number of carbonyl (C=O) groups is 1. The lowest BCUT2D eigenvalue weighted by Crippen LogP contribution is -2.21. The molecule has 0 saturated carbocycles. The fourth-order valence-corrected chi connectivity index (χ4v) is 2.34. The van der Waals surface area contributed by atoms with Gasteiger partial charge in [0.2, 0.25) is 5.91 Å². The van der Waals surface area contributed by atoms with E-state index in [0.29, 0.717) is 15.8 Å². The lowest BCUT2D eigenvalue weighted by atomic mass is 10.3. The molecule has 2 rings (SSSR count). The zero-order valence-electron chi connectivity index (χ0n) is 10.3. The summed E-state index contributed by atoms with van der Waals surface area (Å²) in [6.07, 6.45) is 0. The van der Waals surface area contributed by atoms with Gasteiger partial charge >= 0.3 is 0 Å². The number of carbonyl (C=O) groups excluding carboxylic acids is 1. The average Bonchev–Trinajstić information content (AvgIpc) is 2.40. The van der Waals surface area contributed by atoms with Crippen LogP contribution in [-0.4, -0.2) is 12.5 Å². The van der Waals surface area contributed by atoms with Crippen LogP contribution in [0.2, 0.25) is 0 Å². The van der Waals surface area contributed by atoms with Gasteiger partial charge in [0.15, 0.2) is 0 Å². The Balaban J connectivity index is 1.90. The smallest absolute Gasteiger partial charge is 0.243 e. The van der Waals surface area contributed by atoms with Crippen LogP contribution in [0.5, 0.6) is 0 Å². The van der Waals surface area contributed by atoms with Crippen molar-refractivity contribution in [1.29, 1.82) is 0 Å². The molecule has 0 heterocycles. The minimum atomic E-state index is -0.339. The second-order valence-electron chi connectivity index (χ2n) is 4.04. The molecule has 2 aromatic rings. The first-order chi connectivity index (χ1) is 9.54. The first-order valence-electron chi connectivity index (χ1n) is 5.79. The average molecular weight is 402 g/mol. The zero-order valence-corrected chi connectivity index (χ0v) is 13.5. The summed E-state index contributed by atoms with van der Waals surface area (Å²) in [5, 5.41) is 5.69. The fourth-order valence-electron chi connectivity index (χ4n) is 1.56. The molecule has 3 nitrogen and oxygen atoms in total. The minimum Gasteiger partial charge on any atom is -0.376 e. The Hall–Kier alpha value is -1.40. The number of hydrogen-bond donors (Lipinski definition) is 2. The molecule has 0 aromatic heterocycles. The van der Waals surface area contributed by atoms with Gasteiger partial charge in [0.25, 0.3) is 0 Å². The summed E-state index contributed by atoms with van der Waals surface area (Å²) < 4.78 is 14.3. The third-order valence-electron chi connectivity index (χ3n) is 2.48. The van der Waals surface area contributed by atoms with Gasteiger partial charge < -0.3 is 10.6 Å². The summed E-state index contributed by atoms with van der Waals surface area (Å²) in [6, 6.07) is 11.8. The third kappa shape index (κ3) is 4.31. The first kappa shape index (κ1) is 15.0. The number of hydrogen-bond acceptors (Lipinski definition) is 2. The largest absolute Gasteiger partial charge is 0.376 e. The van der Waals surface area contributed by atoms with Crippen LogP contribution in [-0.2, 0) is 4.79 Å². The molecule has 104 valence electrons. The van der Waals surface area contributed by atoms with Crippen molar-refractivity contribution in [2.24, 2.45) is 0 Å². The highest BCUT2D eigenvalue weighted by Crippen LogP contribution is 2.20. The van der Waals surface area contributed by atoms with Crippen LogP contribution in [0.1, 0.15) is 0 Å². The van der Waals surface area contributed by atoms with Crippen molar-refractivity contribution in [2.45, 2.75) is 0 Å².